The van der Waals surface area contributed by atoms with Gasteiger partial charge in [-0.25, -0.2) is 0 Å². The van der Waals surface area contributed by atoms with E-state index in [0.29, 0.717) is 6.04 Å². The van der Waals surface area contributed by atoms with Crippen molar-refractivity contribution in [3.63, 3.8) is 0 Å². The van der Waals surface area contributed by atoms with Crippen molar-refractivity contribution in [1.29, 1.82) is 0 Å². The van der Waals surface area contributed by atoms with Gasteiger partial charge >= 0.3 is 0 Å². The van der Waals surface area contributed by atoms with E-state index < -0.39 is 0 Å². The maximum Gasteiger partial charge on any atom is 0.253 e. The first kappa shape index (κ1) is 11.4. The van der Waals surface area contributed by atoms with Crippen molar-refractivity contribution in [2.75, 3.05) is 6.54 Å². The first-order valence-corrected chi connectivity index (χ1v) is 6.50. The van der Waals surface area contributed by atoms with Gasteiger partial charge in [-0.05, 0) is 32.1 Å². The molecule has 1 heterocycles. The van der Waals surface area contributed by atoms with Gasteiger partial charge in [0.1, 0.15) is 0 Å². The van der Waals surface area contributed by atoms with Crippen LogP contribution in [0, 0.1) is 0 Å². The molecule has 0 saturated carbocycles. The third-order valence-electron chi connectivity index (χ3n) is 3.50. The number of hydrogen-bond donors (Lipinski definition) is 0. The Balaban J connectivity index is 2.03. The summed E-state index contributed by atoms with van der Waals surface area (Å²) in [5.41, 5.74) is 0.911. The predicted octanol–water partition coefficient (Wildman–Crippen LogP) is 3.05. The molecule has 0 aromatic carbocycles. The van der Waals surface area contributed by atoms with Crippen LogP contribution in [0.2, 0.25) is 0 Å². The van der Waals surface area contributed by atoms with Crippen LogP contribution in [0.5, 0.6) is 0 Å². The van der Waals surface area contributed by atoms with E-state index in [0.717, 1.165) is 31.4 Å². The van der Waals surface area contributed by atoms with E-state index in [-0.39, 0.29) is 5.91 Å². The van der Waals surface area contributed by atoms with Crippen molar-refractivity contribution in [2.24, 2.45) is 0 Å². The van der Waals surface area contributed by atoms with E-state index in [9.17, 15) is 4.79 Å². The lowest BCUT2D eigenvalue weighted by atomic mass is 10.0. The Morgan fingerprint density at radius 1 is 1.50 bits per heavy atom. The Kier molecular flexibility index (Phi) is 3.81. The lowest BCUT2D eigenvalue weighted by Gasteiger charge is -2.25. The topological polar surface area (TPSA) is 20.3 Å². The molecule has 1 unspecified atom stereocenters. The van der Waals surface area contributed by atoms with Gasteiger partial charge in [0.05, 0.1) is 0 Å². The molecule has 16 heavy (non-hydrogen) atoms. The number of carbonyl (C=O) groups is 1. The van der Waals surface area contributed by atoms with Crippen LogP contribution < -0.4 is 0 Å². The van der Waals surface area contributed by atoms with E-state index in [1.54, 1.807) is 0 Å². The van der Waals surface area contributed by atoms with E-state index >= 15 is 0 Å². The highest BCUT2D eigenvalue weighted by molar-refractivity contribution is 5.96. The normalized spacial score (nSPS) is 24.7. The summed E-state index contributed by atoms with van der Waals surface area (Å²) in [6, 6.07) is 0.494. The van der Waals surface area contributed by atoms with Gasteiger partial charge in [-0.1, -0.05) is 31.6 Å². The molecule has 1 amide bonds. The highest BCUT2D eigenvalue weighted by atomic mass is 16.2. The van der Waals surface area contributed by atoms with Crippen LogP contribution in [-0.2, 0) is 4.79 Å². The SMILES string of the molecule is CCCC1CCCN1C(=O)C1=CCCC=C1. The lowest BCUT2D eigenvalue weighted by Crippen LogP contribution is -2.36. The highest BCUT2D eigenvalue weighted by Gasteiger charge is 2.28. The van der Waals surface area contributed by atoms with Crippen molar-refractivity contribution in [2.45, 2.75) is 51.5 Å². The molecule has 0 radical (unpaired) electrons. The second kappa shape index (κ2) is 5.33. The molecule has 0 bridgehead atoms. The number of hydrogen-bond acceptors (Lipinski definition) is 1. The zero-order valence-corrected chi connectivity index (χ0v) is 10.1. The summed E-state index contributed by atoms with van der Waals surface area (Å²) in [6.07, 6.45) is 13.0. The number of nitrogens with zero attached hydrogens (tertiary/aromatic N) is 1. The molecule has 1 fully saturated rings. The molecule has 1 saturated heterocycles. The average Bonchev–Trinajstić information content (AvgIpc) is 2.78. The summed E-state index contributed by atoms with van der Waals surface area (Å²) in [5, 5.41) is 0. The fourth-order valence-corrected chi connectivity index (χ4v) is 2.67. The third-order valence-corrected chi connectivity index (χ3v) is 3.50. The standard InChI is InChI=1S/C14H21NO/c1-2-7-13-10-6-11-15(13)14(16)12-8-4-3-5-9-12/h4,8-9,13H,2-3,5-7,10-11H2,1H3. The molecule has 2 aliphatic rings. The number of allylic oxidation sites excluding steroid dienone is 2. The summed E-state index contributed by atoms with van der Waals surface area (Å²) in [7, 11) is 0. The van der Waals surface area contributed by atoms with Crippen molar-refractivity contribution in [1.82, 2.24) is 4.90 Å². The molecule has 0 N–H and O–H groups in total. The van der Waals surface area contributed by atoms with Crippen molar-refractivity contribution in [3.8, 4) is 0 Å². The Morgan fingerprint density at radius 3 is 3.06 bits per heavy atom. The van der Waals surface area contributed by atoms with Crippen LogP contribution in [-0.4, -0.2) is 23.4 Å². The quantitative estimate of drug-likeness (QED) is 0.714. The molecule has 1 atom stereocenters. The Labute approximate surface area is 98.0 Å². The molecular weight excluding hydrogens is 198 g/mol. The minimum Gasteiger partial charge on any atom is -0.336 e. The average molecular weight is 219 g/mol. The molecule has 0 aromatic heterocycles. The third kappa shape index (κ3) is 2.37. The van der Waals surface area contributed by atoms with E-state index in [1.807, 2.05) is 6.08 Å². The molecule has 2 rings (SSSR count). The van der Waals surface area contributed by atoms with Crippen LogP contribution in [0.1, 0.15) is 45.4 Å². The molecule has 2 heteroatoms. The van der Waals surface area contributed by atoms with E-state index in [2.05, 4.69) is 24.0 Å². The summed E-state index contributed by atoms with van der Waals surface area (Å²) in [5.74, 6) is 0.256. The van der Waals surface area contributed by atoms with Crippen LogP contribution >= 0.6 is 0 Å². The summed E-state index contributed by atoms with van der Waals surface area (Å²) >= 11 is 0. The Hall–Kier alpha value is -1.05. The van der Waals surface area contributed by atoms with Gasteiger partial charge in [0.15, 0.2) is 0 Å². The minimum atomic E-state index is 0.256. The molecule has 1 aliphatic carbocycles. The molecular formula is C14H21NO. The monoisotopic (exact) mass is 219 g/mol. The number of likely N-dealkylation sites (tertiary alicyclic amines) is 1. The fourth-order valence-electron chi connectivity index (χ4n) is 2.67. The first-order chi connectivity index (χ1) is 7.83. The van der Waals surface area contributed by atoms with E-state index in [4.69, 9.17) is 0 Å². The smallest absolute Gasteiger partial charge is 0.253 e. The zero-order chi connectivity index (χ0) is 11.4. The number of rotatable bonds is 3. The van der Waals surface area contributed by atoms with Crippen LogP contribution in [0.3, 0.4) is 0 Å². The molecule has 88 valence electrons. The van der Waals surface area contributed by atoms with Crippen molar-refractivity contribution in [3.05, 3.63) is 23.8 Å². The lowest BCUT2D eigenvalue weighted by molar-refractivity contribution is -0.127. The van der Waals surface area contributed by atoms with Gasteiger partial charge in [-0.15, -0.1) is 0 Å². The molecule has 1 aliphatic heterocycles. The van der Waals surface area contributed by atoms with Gasteiger partial charge in [-0.3, -0.25) is 4.79 Å². The summed E-state index contributed by atoms with van der Waals surface area (Å²) in [6.45, 7) is 3.15. The second-order valence-electron chi connectivity index (χ2n) is 4.72. The van der Waals surface area contributed by atoms with Gasteiger partial charge in [0, 0.05) is 18.2 Å². The van der Waals surface area contributed by atoms with Crippen molar-refractivity contribution >= 4 is 5.91 Å². The molecule has 2 nitrogen and oxygen atoms in total. The van der Waals surface area contributed by atoms with Crippen LogP contribution in [0.25, 0.3) is 0 Å². The Morgan fingerprint density at radius 2 is 2.38 bits per heavy atom. The fraction of sp³-hybridized carbons (Fsp3) is 0.643. The number of carbonyl (C=O) groups excluding carboxylic acids is 1. The summed E-state index contributed by atoms with van der Waals surface area (Å²) < 4.78 is 0. The van der Waals surface area contributed by atoms with Crippen LogP contribution in [0.15, 0.2) is 23.8 Å². The minimum absolute atomic E-state index is 0.256. The van der Waals surface area contributed by atoms with Crippen LogP contribution in [0.4, 0.5) is 0 Å². The predicted molar refractivity (Wildman–Crippen MR) is 66.1 cm³/mol. The molecule has 0 aromatic rings. The summed E-state index contributed by atoms with van der Waals surface area (Å²) in [4.78, 5) is 14.4. The maximum absolute atomic E-state index is 12.3. The van der Waals surface area contributed by atoms with Crippen molar-refractivity contribution < 1.29 is 4.79 Å². The number of amides is 1. The van der Waals surface area contributed by atoms with E-state index in [1.165, 1.54) is 19.3 Å². The largest absolute Gasteiger partial charge is 0.336 e. The zero-order valence-electron chi connectivity index (χ0n) is 10.1. The van der Waals surface area contributed by atoms with Gasteiger partial charge in [0.25, 0.3) is 5.91 Å². The second-order valence-corrected chi connectivity index (χ2v) is 4.72. The Bertz CT molecular complexity index is 317. The maximum atomic E-state index is 12.3. The molecule has 0 spiro atoms. The van der Waals surface area contributed by atoms with Gasteiger partial charge < -0.3 is 4.90 Å². The van der Waals surface area contributed by atoms with Gasteiger partial charge in [-0.2, -0.15) is 0 Å². The van der Waals surface area contributed by atoms with Gasteiger partial charge in [0.2, 0.25) is 0 Å². The first-order valence-electron chi connectivity index (χ1n) is 6.50. The highest BCUT2D eigenvalue weighted by Crippen LogP contribution is 2.24.